The molecule has 3 rings (SSSR count). The largest absolute Gasteiger partial charge is 0.493 e. The van der Waals surface area contributed by atoms with Crippen LogP contribution in [0.4, 0.5) is 0 Å². The van der Waals surface area contributed by atoms with Crippen LogP contribution in [-0.4, -0.2) is 62.0 Å². The minimum Gasteiger partial charge on any atom is -0.493 e. The van der Waals surface area contributed by atoms with E-state index in [0.29, 0.717) is 43.2 Å². The monoisotopic (exact) mass is 396 g/mol. The molecule has 6 heteroatoms. The third kappa shape index (κ3) is 4.53. The maximum absolute atomic E-state index is 13.0. The zero-order chi connectivity index (χ0) is 20.8. The molecule has 0 saturated carbocycles. The minimum atomic E-state index is -0.135. The summed E-state index contributed by atoms with van der Waals surface area (Å²) in [6.07, 6.45) is 0.758. The fraction of sp³-hybridized carbons (Fsp3) is 0.391. The van der Waals surface area contributed by atoms with Crippen LogP contribution in [0.3, 0.4) is 0 Å². The molecule has 1 unspecified atom stereocenters. The van der Waals surface area contributed by atoms with Gasteiger partial charge in [0.25, 0.3) is 5.91 Å². The van der Waals surface area contributed by atoms with E-state index in [0.717, 1.165) is 12.0 Å². The van der Waals surface area contributed by atoms with Gasteiger partial charge < -0.3 is 19.3 Å². The number of methoxy groups -OCH3 is 2. The molecule has 0 radical (unpaired) electrons. The van der Waals surface area contributed by atoms with E-state index in [-0.39, 0.29) is 17.7 Å². The van der Waals surface area contributed by atoms with Gasteiger partial charge in [0.2, 0.25) is 5.91 Å². The molecule has 1 fully saturated rings. The Morgan fingerprint density at radius 1 is 0.897 bits per heavy atom. The van der Waals surface area contributed by atoms with Gasteiger partial charge in [0.05, 0.1) is 20.1 Å². The zero-order valence-corrected chi connectivity index (χ0v) is 17.3. The lowest BCUT2D eigenvalue weighted by atomic mass is 9.95. The highest BCUT2D eigenvalue weighted by Gasteiger charge is 2.29. The second kappa shape index (κ2) is 9.45. The van der Waals surface area contributed by atoms with Crippen molar-refractivity contribution in [1.82, 2.24) is 9.80 Å². The number of hydrogen-bond donors (Lipinski definition) is 0. The predicted octanol–water partition coefficient (Wildman–Crippen LogP) is 3.18. The van der Waals surface area contributed by atoms with E-state index >= 15 is 0 Å². The highest BCUT2D eigenvalue weighted by molar-refractivity contribution is 5.95. The van der Waals surface area contributed by atoms with Gasteiger partial charge in [-0.25, -0.2) is 0 Å². The van der Waals surface area contributed by atoms with Gasteiger partial charge in [-0.3, -0.25) is 9.59 Å². The van der Waals surface area contributed by atoms with E-state index in [1.165, 1.54) is 0 Å². The Morgan fingerprint density at radius 3 is 2.10 bits per heavy atom. The third-order valence-electron chi connectivity index (χ3n) is 5.42. The standard InChI is InChI=1S/C23H28N2O4/c1-4-19(17-8-6-5-7-9-17)23(27)25-14-12-24(13-15-25)22(26)18-10-11-20(28-2)21(16-18)29-3/h5-11,16,19H,4,12-15H2,1-3H3. The number of carbonyl (C=O) groups is 2. The molecule has 1 aliphatic heterocycles. The van der Waals surface area contributed by atoms with Crippen molar-refractivity contribution in [2.75, 3.05) is 40.4 Å². The van der Waals surface area contributed by atoms with Crippen LogP contribution in [0.1, 0.15) is 35.2 Å². The summed E-state index contributed by atoms with van der Waals surface area (Å²) in [4.78, 5) is 29.6. The molecule has 29 heavy (non-hydrogen) atoms. The molecule has 0 aromatic heterocycles. The Bertz CT molecular complexity index is 845. The Balaban J connectivity index is 1.64. The number of rotatable bonds is 6. The van der Waals surface area contributed by atoms with Gasteiger partial charge in [-0.1, -0.05) is 37.3 Å². The SMILES string of the molecule is CCC(C(=O)N1CCN(C(=O)c2ccc(OC)c(OC)c2)CC1)c1ccccc1. The molecule has 2 amide bonds. The van der Waals surface area contributed by atoms with Gasteiger partial charge in [0, 0.05) is 31.7 Å². The van der Waals surface area contributed by atoms with E-state index in [1.54, 1.807) is 37.3 Å². The van der Waals surface area contributed by atoms with Crippen LogP contribution < -0.4 is 9.47 Å². The van der Waals surface area contributed by atoms with Crippen molar-refractivity contribution in [3.05, 3.63) is 59.7 Å². The Labute approximate surface area is 172 Å². The molecule has 6 nitrogen and oxygen atoms in total. The van der Waals surface area contributed by atoms with Crippen molar-refractivity contribution in [2.24, 2.45) is 0 Å². The number of nitrogens with zero attached hydrogens (tertiary/aromatic N) is 2. The molecule has 1 saturated heterocycles. The van der Waals surface area contributed by atoms with E-state index in [2.05, 4.69) is 0 Å². The number of hydrogen-bond acceptors (Lipinski definition) is 4. The minimum absolute atomic E-state index is 0.0619. The first-order chi connectivity index (χ1) is 14.1. The number of amides is 2. The van der Waals surface area contributed by atoms with E-state index in [1.807, 2.05) is 42.2 Å². The van der Waals surface area contributed by atoms with Crippen LogP contribution in [0.2, 0.25) is 0 Å². The smallest absolute Gasteiger partial charge is 0.254 e. The average molecular weight is 396 g/mol. The first-order valence-corrected chi connectivity index (χ1v) is 9.94. The lowest BCUT2D eigenvalue weighted by Crippen LogP contribution is -2.51. The molecule has 0 N–H and O–H groups in total. The van der Waals surface area contributed by atoms with Crippen molar-refractivity contribution in [2.45, 2.75) is 19.3 Å². The predicted molar refractivity (Wildman–Crippen MR) is 112 cm³/mol. The highest BCUT2D eigenvalue weighted by atomic mass is 16.5. The van der Waals surface area contributed by atoms with Crippen LogP contribution in [0.5, 0.6) is 11.5 Å². The molecule has 0 spiro atoms. The molecule has 1 aliphatic rings. The molecule has 1 heterocycles. The summed E-state index contributed by atoms with van der Waals surface area (Å²) in [5.41, 5.74) is 1.60. The lowest BCUT2D eigenvalue weighted by Gasteiger charge is -2.36. The van der Waals surface area contributed by atoms with Gasteiger partial charge in [0.1, 0.15) is 0 Å². The van der Waals surface area contributed by atoms with Crippen LogP contribution in [0.25, 0.3) is 0 Å². The van der Waals surface area contributed by atoms with Crippen molar-refractivity contribution in [3.8, 4) is 11.5 Å². The second-order valence-corrected chi connectivity index (χ2v) is 7.06. The molecule has 0 bridgehead atoms. The fourth-order valence-corrected chi connectivity index (χ4v) is 3.74. The van der Waals surface area contributed by atoms with Crippen LogP contribution in [-0.2, 0) is 4.79 Å². The molecule has 2 aromatic carbocycles. The summed E-state index contributed by atoms with van der Waals surface area (Å²) in [6.45, 7) is 4.16. The Kier molecular flexibility index (Phi) is 6.75. The summed E-state index contributed by atoms with van der Waals surface area (Å²) in [6, 6.07) is 15.1. The Morgan fingerprint density at radius 2 is 1.52 bits per heavy atom. The molecular weight excluding hydrogens is 368 g/mol. The summed E-state index contributed by atoms with van der Waals surface area (Å²) in [7, 11) is 3.11. The number of ether oxygens (including phenoxy) is 2. The highest BCUT2D eigenvalue weighted by Crippen LogP contribution is 2.28. The third-order valence-corrected chi connectivity index (χ3v) is 5.42. The first kappa shape index (κ1) is 20.7. The summed E-state index contributed by atoms with van der Waals surface area (Å²) in [5.74, 6) is 1.06. The van der Waals surface area contributed by atoms with Gasteiger partial charge in [-0.15, -0.1) is 0 Å². The molecular formula is C23H28N2O4. The normalized spacial score (nSPS) is 15.0. The summed E-state index contributed by atoms with van der Waals surface area (Å²) >= 11 is 0. The van der Waals surface area contributed by atoms with Crippen LogP contribution >= 0.6 is 0 Å². The molecule has 0 aliphatic carbocycles. The molecule has 154 valence electrons. The van der Waals surface area contributed by atoms with E-state index in [9.17, 15) is 9.59 Å². The summed E-state index contributed by atoms with van der Waals surface area (Å²) < 4.78 is 10.5. The number of piperazine rings is 1. The van der Waals surface area contributed by atoms with Gasteiger partial charge in [-0.2, -0.15) is 0 Å². The van der Waals surface area contributed by atoms with Crippen LogP contribution in [0, 0.1) is 0 Å². The molecule has 1 atom stereocenters. The first-order valence-electron chi connectivity index (χ1n) is 9.94. The van der Waals surface area contributed by atoms with E-state index in [4.69, 9.17) is 9.47 Å². The quantitative estimate of drug-likeness (QED) is 0.753. The average Bonchev–Trinajstić information content (AvgIpc) is 2.79. The van der Waals surface area contributed by atoms with Crippen molar-refractivity contribution in [3.63, 3.8) is 0 Å². The maximum Gasteiger partial charge on any atom is 0.254 e. The van der Waals surface area contributed by atoms with Crippen LogP contribution in [0.15, 0.2) is 48.5 Å². The maximum atomic E-state index is 13.0. The summed E-state index contributed by atoms with van der Waals surface area (Å²) in [5, 5.41) is 0. The zero-order valence-electron chi connectivity index (χ0n) is 17.3. The number of carbonyl (C=O) groups excluding carboxylic acids is 2. The van der Waals surface area contributed by atoms with Crippen molar-refractivity contribution >= 4 is 11.8 Å². The molecule has 2 aromatic rings. The topological polar surface area (TPSA) is 59.1 Å². The van der Waals surface area contributed by atoms with Gasteiger partial charge in [-0.05, 0) is 30.2 Å². The van der Waals surface area contributed by atoms with Gasteiger partial charge >= 0.3 is 0 Å². The van der Waals surface area contributed by atoms with E-state index < -0.39 is 0 Å². The Hall–Kier alpha value is -3.02. The van der Waals surface area contributed by atoms with Gasteiger partial charge in [0.15, 0.2) is 11.5 Å². The van der Waals surface area contributed by atoms with Crippen molar-refractivity contribution in [1.29, 1.82) is 0 Å². The van der Waals surface area contributed by atoms with Crippen molar-refractivity contribution < 1.29 is 19.1 Å². The lowest BCUT2D eigenvalue weighted by molar-refractivity contribution is -0.134. The number of benzene rings is 2. The second-order valence-electron chi connectivity index (χ2n) is 7.06. The fourth-order valence-electron chi connectivity index (χ4n) is 3.74.